The van der Waals surface area contributed by atoms with Crippen LogP contribution < -0.4 is 11.1 Å². The van der Waals surface area contributed by atoms with E-state index in [-0.39, 0.29) is 11.7 Å². The van der Waals surface area contributed by atoms with Gasteiger partial charge in [0.05, 0.1) is 5.69 Å². The second-order valence-corrected chi connectivity index (χ2v) is 3.63. The van der Waals surface area contributed by atoms with E-state index in [9.17, 15) is 4.79 Å². The third kappa shape index (κ3) is 2.51. The van der Waals surface area contributed by atoms with Crippen LogP contribution in [0, 0.1) is 6.92 Å². The first-order valence-electron chi connectivity index (χ1n) is 5.21. The minimum Gasteiger partial charge on any atom is -0.438 e. The van der Waals surface area contributed by atoms with Crippen molar-refractivity contribution in [3.05, 3.63) is 47.7 Å². The lowest BCUT2D eigenvalue weighted by Crippen LogP contribution is -2.12. The zero-order valence-corrected chi connectivity index (χ0v) is 9.43. The summed E-state index contributed by atoms with van der Waals surface area (Å²) in [5, 5.41) is 2.73. The summed E-state index contributed by atoms with van der Waals surface area (Å²) in [6.07, 6.45) is 1.25. The molecule has 1 aromatic carbocycles. The van der Waals surface area contributed by atoms with E-state index in [1.165, 1.54) is 6.39 Å². The third-order valence-corrected chi connectivity index (χ3v) is 2.37. The molecule has 0 radical (unpaired) electrons. The predicted molar refractivity (Wildman–Crippen MR) is 63.5 cm³/mol. The minimum absolute atomic E-state index is 0.225. The molecule has 0 bridgehead atoms. The van der Waals surface area contributed by atoms with Crippen molar-refractivity contribution in [1.29, 1.82) is 0 Å². The van der Waals surface area contributed by atoms with Crippen molar-refractivity contribution in [1.82, 2.24) is 4.98 Å². The van der Waals surface area contributed by atoms with E-state index >= 15 is 0 Å². The smallest absolute Gasteiger partial charge is 0.293 e. The zero-order valence-electron chi connectivity index (χ0n) is 9.43. The molecule has 0 fully saturated rings. The summed E-state index contributed by atoms with van der Waals surface area (Å²) in [4.78, 5) is 15.7. The van der Waals surface area contributed by atoms with Gasteiger partial charge in [0.2, 0.25) is 5.76 Å². The Balaban J connectivity index is 2.16. The lowest BCUT2D eigenvalue weighted by molar-refractivity contribution is 0.0996. The van der Waals surface area contributed by atoms with Crippen LogP contribution in [0.4, 0.5) is 5.69 Å². The highest BCUT2D eigenvalue weighted by molar-refractivity contribution is 6.02. The summed E-state index contributed by atoms with van der Waals surface area (Å²) in [7, 11) is 0. The molecular formula is C12H13N3O2. The minimum atomic E-state index is -0.311. The molecule has 2 rings (SSSR count). The molecule has 3 N–H and O–H groups in total. The van der Waals surface area contributed by atoms with Crippen LogP contribution in [0.25, 0.3) is 0 Å². The highest BCUT2D eigenvalue weighted by atomic mass is 16.3. The Kier molecular flexibility index (Phi) is 3.20. The average Bonchev–Trinajstić information content (AvgIpc) is 2.76. The molecule has 88 valence electrons. The molecule has 0 aliphatic carbocycles. The number of rotatable bonds is 3. The van der Waals surface area contributed by atoms with Crippen molar-refractivity contribution in [3.63, 3.8) is 0 Å². The molecule has 5 nitrogen and oxygen atoms in total. The van der Waals surface area contributed by atoms with E-state index in [0.29, 0.717) is 17.9 Å². The second-order valence-electron chi connectivity index (χ2n) is 3.63. The van der Waals surface area contributed by atoms with Gasteiger partial charge in [-0.2, -0.15) is 0 Å². The van der Waals surface area contributed by atoms with Crippen molar-refractivity contribution in [2.45, 2.75) is 13.5 Å². The van der Waals surface area contributed by atoms with E-state index in [0.717, 1.165) is 5.56 Å². The van der Waals surface area contributed by atoms with E-state index < -0.39 is 0 Å². The topological polar surface area (TPSA) is 81.2 Å². The van der Waals surface area contributed by atoms with Crippen molar-refractivity contribution in [2.75, 3.05) is 5.32 Å². The molecule has 0 saturated carbocycles. The maximum Gasteiger partial charge on any atom is 0.293 e. The highest BCUT2D eigenvalue weighted by Gasteiger charge is 2.13. The van der Waals surface area contributed by atoms with E-state index in [2.05, 4.69) is 10.3 Å². The first-order chi connectivity index (χ1) is 8.20. The first-order valence-corrected chi connectivity index (χ1v) is 5.21. The van der Waals surface area contributed by atoms with Gasteiger partial charge >= 0.3 is 0 Å². The summed E-state index contributed by atoms with van der Waals surface area (Å²) < 4.78 is 5.01. The van der Waals surface area contributed by atoms with Crippen molar-refractivity contribution in [3.8, 4) is 0 Å². The maximum absolute atomic E-state index is 11.8. The van der Waals surface area contributed by atoms with Crippen LogP contribution >= 0.6 is 0 Å². The number of anilines is 1. The molecule has 2 aromatic rings. The van der Waals surface area contributed by atoms with Crippen LogP contribution in [0.2, 0.25) is 0 Å². The number of hydrogen-bond donors (Lipinski definition) is 2. The van der Waals surface area contributed by atoms with Crippen LogP contribution in [0.3, 0.4) is 0 Å². The highest BCUT2D eigenvalue weighted by Crippen LogP contribution is 2.13. The number of nitrogens with zero attached hydrogens (tertiary/aromatic N) is 1. The van der Waals surface area contributed by atoms with Crippen molar-refractivity contribution >= 4 is 11.6 Å². The van der Waals surface area contributed by atoms with Gasteiger partial charge < -0.3 is 15.5 Å². The molecule has 17 heavy (non-hydrogen) atoms. The number of carbonyl (C=O) groups is 1. The Bertz CT molecular complexity index is 534. The summed E-state index contributed by atoms with van der Waals surface area (Å²) in [5.41, 5.74) is 7.74. The van der Waals surface area contributed by atoms with Gasteiger partial charge in [0.25, 0.3) is 5.91 Å². The number of aromatic nitrogens is 1. The number of nitrogens with two attached hydrogens (primary N) is 1. The molecular weight excluding hydrogens is 218 g/mol. The Morgan fingerprint density at radius 3 is 3.00 bits per heavy atom. The SMILES string of the molecule is Cc1ncoc1C(=O)Nc1cccc(CN)c1. The molecule has 5 heteroatoms. The van der Waals surface area contributed by atoms with Gasteiger partial charge in [-0.3, -0.25) is 4.79 Å². The lowest BCUT2D eigenvalue weighted by atomic mass is 10.2. The quantitative estimate of drug-likeness (QED) is 0.842. The third-order valence-electron chi connectivity index (χ3n) is 2.37. The second kappa shape index (κ2) is 4.80. The number of nitrogens with one attached hydrogen (secondary N) is 1. The monoisotopic (exact) mass is 231 g/mol. The number of aryl methyl sites for hydroxylation is 1. The zero-order chi connectivity index (χ0) is 12.3. The summed E-state index contributed by atoms with van der Waals surface area (Å²) in [5.74, 6) is -0.0858. The van der Waals surface area contributed by atoms with Crippen LogP contribution in [-0.4, -0.2) is 10.9 Å². The lowest BCUT2D eigenvalue weighted by Gasteiger charge is -2.05. The van der Waals surface area contributed by atoms with Gasteiger partial charge in [0.15, 0.2) is 6.39 Å². The van der Waals surface area contributed by atoms with Gasteiger partial charge in [-0.25, -0.2) is 4.98 Å². The van der Waals surface area contributed by atoms with Gasteiger partial charge in [-0.1, -0.05) is 12.1 Å². The maximum atomic E-state index is 11.8. The first kappa shape index (κ1) is 11.3. The van der Waals surface area contributed by atoms with E-state index in [1.54, 1.807) is 13.0 Å². The summed E-state index contributed by atoms with van der Waals surface area (Å²) >= 11 is 0. The van der Waals surface area contributed by atoms with Gasteiger partial charge in [-0.15, -0.1) is 0 Å². The Labute approximate surface area is 98.6 Å². The van der Waals surface area contributed by atoms with E-state index in [4.69, 9.17) is 10.2 Å². The molecule has 1 heterocycles. The fourth-order valence-electron chi connectivity index (χ4n) is 1.48. The van der Waals surface area contributed by atoms with Gasteiger partial charge in [0.1, 0.15) is 0 Å². The number of benzene rings is 1. The molecule has 0 aliphatic rings. The summed E-state index contributed by atoms with van der Waals surface area (Å²) in [6, 6.07) is 7.35. The Hall–Kier alpha value is -2.14. The molecule has 0 aliphatic heterocycles. The van der Waals surface area contributed by atoms with Crippen molar-refractivity contribution < 1.29 is 9.21 Å². The van der Waals surface area contributed by atoms with Crippen LogP contribution in [-0.2, 0) is 6.54 Å². The molecule has 1 aromatic heterocycles. The standard InChI is InChI=1S/C12H13N3O2/c1-8-11(17-7-14-8)12(16)15-10-4-2-3-9(5-10)6-13/h2-5,7H,6,13H2,1H3,(H,15,16). The fraction of sp³-hybridized carbons (Fsp3) is 0.167. The number of amides is 1. The molecule has 1 amide bonds. The fourth-order valence-corrected chi connectivity index (χ4v) is 1.48. The number of hydrogen-bond acceptors (Lipinski definition) is 4. The van der Waals surface area contributed by atoms with Gasteiger partial charge in [-0.05, 0) is 24.6 Å². The normalized spacial score (nSPS) is 10.2. The molecule has 0 saturated heterocycles. The Morgan fingerprint density at radius 1 is 1.53 bits per heavy atom. The van der Waals surface area contributed by atoms with Crippen LogP contribution in [0.5, 0.6) is 0 Å². The molecule has 0 unspecified atom stereocenters. The number of carbonyl (C=O) groups excluding carboxylic acids is 1. The molecule has 0 spiro atoms. The number of oxazole rings is 1. The summed E-state index contributed by atoms with van der Waals surface area (Å²) in [6.45, 7) is 2.15. The Morgan fingerprint density at radius 2 is 2.35 bits per heavy atom. The van der Waals surface area contributed by atoms with E-state index in [1.807, 2.05) is 18.2 Å². The predicted octanol–water partition coefficient (Wildman–Crippen LogP) is 1.69. The van der Waals surface area contributed by atoms with Crippen molar-refractivity contribution in [2.24, 2.45) is 5.73 Å². The molecule has 0 atom stereocenters. The largest absolute Gasteiger partial charge is 0.438 e. The average molecular weight is 231 g/mol. The van der Waals surface area contributed by atoms with Crippen LogP contribution in [0.15, 0.2) is 35.1 Å². The van der Waals surface area contributed by atoms with Gasteiger partial charge in [0, 0.05) is 12.2 Å². The van der Waals surface area contributed by atoms with Crippen LogP contribution in [0.1, 0.15) is 21.8 Å².